The third-order valence-electron chi connectivity index (χ3n) is 4.13. The van der Waals surface area contributed by atoms with E-state index < -0.39 is 10.0 Å². The van der Waals surface area contributed by atoms with E-state index in [2.05, 4.69) is 5.32 Å². The Morgan fingerprint density at radius 1 is 1.25 bits per heavy atom. The lowest BCUT2D eigenvalue weighted by molar-refractivity contribution is 0.0765. The molecule has 0 aliphatic carbocycles. The van der Waals surface area contributed by atoms with Crippen LogP contribution < -0.4 is 5.32 Å². The summed E-state index contributed by atoms with van der Waals surface area (Å²) >= 11 is 0. The Kier molecular flexibility index (Phi) is 6.77. The van der Waals surface area contributed by atoms with E-state index in [0.29, 0.717) is 38.3 Å². The molecule has 1 heterocycles. The Morgan fingerprint density at radius 2 is 1.96 bits per heavy atom. The van der Waals surface area contributed by atoms with Crippen LogP contribution in [0, 0.1) is 6.92 Å². The number of hydrogen-bond acceptors (Lipinski definition) is 4. The summed E-state index contributed by atoms with van der Waals surface area (Å²) in [5, 5.41) is 3.15. The Hall–Kier alpha value is -1.44. The lowest BCUT2D eigenvalue weighted by Gasteiger charge is -2.28. The minimum atomic E-state index is -3.32. The first-order valence-corrected chi connectivity index (χ1v) is 10.1. The minimum absolute atomic E-state index is 0.0233. The number of benzene rings is 1. The van der Waals surface area contributed by atoms with E-state index in [4.69, 9.17) is 0 Å². The average molecular weight is 353 g/mol. The second-order valence-electron chi connectivity index (χ2n) is 6.13. The topological polar surface area (TPSA) is 69.7 Å². The van der Waals surface area contributed by atoms with Gasteiger partial charge in [0.2, 0.25) is 10.0 Å². The summed E-state index contributed by atoms with van der Waals surface area (Å²) in [5.74, 6) is -0.124. The lowest BCUT2D eigenvalue weighted by atomic mass is 10.1. The van der Waals surface area contributed by atoms with Crippen LogP contribution in [0.2, 0.25) is 0 Å². The van der Waals surface area contributed by atoms with Crippen LogP contribution in [-0.2, 0) is 10.0 Å². The van der Waals surface area contributed by atoms with Crippen molar-refractivity contribution in [3.63, 3.8) is 0 Å². The molecule has 1 fully saturated rings. The lowest BCUT2D eigenvalue weighted by Crippen LogP contribution is -2.48. The number of amides is 1. The van der Waals surface area contributed by atoms with E-state index in [9.17, 15) is 13.2 Å². The molecule has 1 aliphatic heterocycles. The van der Waals surface area contributed by atoms with Crippen LogP contribution in [0.1, 0.15) is 29.3 Å². The predicted molar refractivity (Wildman–Crippen MR) is 95.6 cm³/mol. The number of sulfonamides is 1. The van der Waals surface area contributed by atoms with Crippen LogP contribution in [-0.4, -0.2) is 68.6 Å². The van der Waals surface area contributed by atoms with Gasteiger partial charge in [-0.15, -0.1) is 0 Å². The molecule has 1 aliphatic rings. The van der Waals surface area contributed by atoms with E-state index in [0.717, 1.165) is 12.0 Å². The van der Waals surface area contributed by atoms with E-state index in [1.807, 2.05) is 32.0 Å². The van der Waals surface area contributed by atoms with Gasteiger partial charge < -0.3 is 10.2 Å². The highest BCUT2D eigenvalue weighted by molar-refractivity contribution is 7.89. The van der Waals surface area contributed by atoms with Gasteiger partial charge in [0.05, 0.1) is 5.75 Å². The maximum Gasteiger partial charge on any atom is 0.253 e. The molecule has 1 aromatic rings. The fraction of sp³-hybridized carbons (Fsp3) is 0.588. The monoisotopic (exact) mass is 353 g/mol. The number of aryl methyl sites for hydroxylation is 1. The van der Waals surface area contributed by atoms with E-state index in [-0.39, 0.29) is 18.2 Å². The normalized spacial score (nSPS) is 16.1. The van der Waals surface area contributed by atoms with Crippen molar-refractivity contribution in [3.8, 4) is 0 Å². The summed E-state index contributed by atoms with van der Waals surface area (Å²) < 4.78 is 26.5. The number of carbonyl (C=O) groups is 1. The second kappa shape index (κ2) is 8.60. The van der Waals surface area contributed by atoms with Gasteiger partial charge in [-0.3, -0.25) is 4.79 Å². The molecule has 1 N–H and O–H groups in total. The largest absolute Gasteiger partial charge is 0.338 e. The molecule has 0 bridgehead atoms. The summed E-state index contributed by atoms with van der Waals surface area (Å²) in [6.45, 7) is 7.08. The van der Waals surface area contributed by atoms with Crippen molar-refractivity contribution in [2.75, 3.05) is 45.0 Å². The fourth-order valence-corrected chi connectivity index (χ4v) is 4.27. The van der Waals surface area contributed by atoms with Crippen LogP contribution in [0.15, 0.2) is 24.3 Å². The zero-order valence-electron chi connectivity index (χ0n) is 14.5. The van der Waals surface area contributed by atoms with Crippen molar-refractivity contribution in [2.24, 2.45) is 0 Å². The van der Waals surface area contributed by atoms with Gasteiger partial charge in [-0.25, -0.2) is 8.42 Å². The summed E-state index contributed by atoms with van der Waals surface area (Å²) in [5.41, 5.74) is 1.63. The summed E-state index contributed by atoms with van der Waals surface area (Å²) in [6.07, 6.45) is 0.797. The summed E-state index contributed by atoms with van der Waals surface area (Å²) in [4.78, 5) is 14.3. The number of hydrogen-bond donors (Lipinski definition) is 1. The Labute approximate surface area is 144 Å². The van der Waals surface area contributed by atoms with Gasteiger partial charge in [0.1, 0.15) is 0 Å². The molecule has 134 valence electrons. The molecular formula is C17H27N3O3S. The molecule has 0 spiro atoms. The number of nitrogens with zero attached hydrogens (tertiary/aromatic N) is 2. The molecule has 0 radical (unpaired) electrons. The molecule has 1 aromatic carbocycles. The van der Waals surface area contributed by atoms with Crippen LogP contribution in [0.4, 0.5) is 0 Å². The molecule has 6 nitrogen and oxygen atoms in total. The molecule has 24 heavy (non-hydrogen) atoms. The first-order chi connectivity index (χ1) is 11.4. The molecule has 0 unspecified atom stereocenters. The Morgan fingerprint density at radius 3 is 2.58 bits per heavy atom. The predicted octanol–water partition coefficient (Wildman–Crippen LogP) is 1.08. The van der Waals surface area contributed by atoms with Gasteiger partial charge in [-0.05, 0) is 25.5 Å². The van der Waals surface area contributed by atoms with Crippen LogP contribution in [0.25, 0.3) is 0 Å². The first-order valence-electron chi connectivity index (χ1n) is 8.48. The molecule has 1 amide bonds. The van der Waals surface area contributed by atoms with Crippen LogP contribution >= 0.6 is 0 Å². The van der Waals surface area contributed by atoms with Crippen molar-refractivity contribution in [1.29, 1.82) is 0 Å². The number of carbonyl (C=O) groups excluding carboxylic acids is 1. The molecule has 0 saturated carbocycles. The highest BCUT2D eigenvalue weighted by Crippen LogP contribution is 2.10. The molecule has 7 heteroatoms. The standard InChI is InChI=1S/C17H27N3O3S/c1-3-9-19(17(21)16-6-4-5-15(2)14-16)12-13-24(22,23)20-10-7-18-8-11-20/h4-6,14,18H,3,7-13H2,1-2H3. The zero-order chi connectivity index (χ0) is 17.6. The molecule has 1 saturated heterocycles. The maximum absolute atomic E-state index is 12.7. The second-order valence-corrected chi connectivity index (χ2v) is 8.22. The first kappa shape index (κ1) is 18.9. The van der Waals surface area contributed by atoms with Crippen LogP contribution in [0.3, 0.4) is 0 Å². The Balaban J connectivity index is 2.03. The maximum atomic E-state index is 12.7. The van der Waals surface area contributed by atoms with Crippen molar-refractivity contribution in [1.82, 2.24) is 14.5 Å². The van der Waals surface area contributed by atoms with Crippen molar-refractivity contribution in [3.05, 3.63) is 35.4 Å². The molecule has 0 aromatic heterocycles. The van der Waals surface area contributed by atoms with E-state index in [1.54, 1.807) is 11.0 Å². The number of nitrogens with one attached hydrogen (secondary N) is 1. The van der Waals surface area contributed by atoms with E-state index in [1.165, 1.54) is 4.31 Å². The SMILES string of the molecule is CCCN(CCS(=O)(=O)N1CCNCC1)C(=O)c1cccc(C)c1. The van der Waals surface area contributed by atoms with Gasteiger partial charge >= 0.3 is 0 Å². The summed E-state index contributed by atoms with van der Waals surface area (Å²) in [6, 6.07) is 7.42. The van der Waals surface area contributed by atoms with Crippen LogP contribution in [0.5, 0.6) is 0 Å². The van der Waals surface area contributed by atoms with Gasteiger partial charge in [-0.1, -0.05) is 24.6 Å². The van der Waals surface area contributed by atoms with Crippen molar-refractivity contribution >= 4 is 15.9 Å². The van der Waals surface area contributed by atoms with Gasteiger partial charge in [0.25, 0.3) is 5.91 Å². The van der Waals surface area contributed by atoms with Crippen molar-refractivity contribution in [2.45, 2.75) is 20.3 Å². The quantitative estimate of drug-likeness (QED) is 0.796. The summed E-state index contributed by atoms with van der Waals surface area (Å²) in [7, 11) is -3.32. The highest BCUT2D eigenvalue weighted by atomic mass is 32.2. The third kappa shape index (κ3) is 5.03. The molecule has 0 atom stereocenters. The minimum Gasteiger partial charge on any atom is -0.338 e. The fourth-order valence-electron chi connectivity index (χ4n) is 2.82. The smallest absolute Gasteiger partial charge is 0.253 e. The van der Waals surface area contributed by atoms with Gasteiger partial charge in [0.15, 0.2) is 0 Å². The number of piperazine rings is 1. The number of rotatable bonds is 7. The average Bonchev–Trinajstić information content (AvgIpc) is 2.59. The Bertz CT molecular complexity index is 655. The highest BCUT2D eigenvalue weighted by Gasteiger charge is 2.25. The van der Waals surface area contributed by atoms with Gasteiger partial charge in [0, 0.05) is 44.8 Å². The zero-order valence-corrected chi connectivity index (χ0v) is 15.3. The van der Waals surface area contributed by atoms with Gasteiger partial charge in [-0.2, -0.15) is 4.31 Å². The molecular weight excluding hydrogens is 326 g/mol. The van der Waals surface area contributed by atoms with E-state index >= 15 is 0 Å². The van der Waals surface area contributed by atoms with Crippen molar-refractivity contribution < 1.29 is 13.2 Å². The molecule has 2 rings (SSSR count). The third-order valence-corrected chi connectivity index (χ3v) is 5.98.